The zero-order chi connectivity index (χ0) is 19.2. The summed E-state index contributed by atoms with van der Waals surface area (Å²) in [4.78, 5) is 12.5. The van der Waals surface area contributed by atoms with E-state index in [-0.39, 0.29) is 10.8 Å². The minimum Gasteiger partial charge on any atom is -0.322 e. The molecular formula is C19H23ClN2O3S. The number of hydrogen-bond acceptors (Lipinski definition) is 3. The van der Waals surface area contributed by atoms with Crippen molar-refractivity contribution >= 4 is 33.2 Å². The Morgan fingerprint density at radius 3 is 2.42 bits per heavy atom. The molecule has 1 amide bonds. The van der Waals surface area contributed by atoms with Crippen molar-refractivity contribution in [3.05, 3.63) is 58.6 Å². The van der Waals surface area contributed by atoms with Crippen LogP contribution in [0.4, 0.5) is 5.69 Å². The van der Waals surface area contributed by atoms with Gasteiger partial charge in [0.2, 0.25) is 10.0 Å². The highest BCUT2D eigenvalue weighted by atomic mass is 35.5. The maximum absolute atomic E-state index is 12.4. The summed E-state index contributed by atoms with van der Waals surface area (Å²) in [5.74, 6) is -0.324. The molecule has 0 saturated heterocycles. The maximum Gasteiger partial charge on any atom is 0.255 e. The van der Waals surface area contributed by atoms with Crippen LogP contribution in [-0.2, 0) is 10.0 Å². The molecule has 0 fully saturated rings. The van der Waals surface area contributed by atoms with Gasteiger partial charge in [-0.25, -0.2) is 13.1 Å². The number of sulfonamides is 1. The number of anilines is 1. The van der Waals surface area contributed by atoms with Crippen LogP contribution in [0.15, 0.2) is 47.4 Å². The monoisotopic (exact) mass is 394 g/mol. The Balaban J connectivity index is 2.06. The maximum atomic E-state index is 12.4. The lowest BCUT2D eigenvalue weighted by Crippen LogP contribution is -2.24. The number of halogens is 1. The minimum atomic E-state index is -3.55. The fourth-order valence-corrected chi connectivity index (χ4v) is 3.62. The number of unbranched alkanes of at least 4 members (excludes halogenated alkanes) is 2. The summed E-state index contributed by atoms with van der Waals surface area (Å²) < 4.78 is 27.0. The van der Waals surface area contributed by atoms with Crippen LogP contribution in [0.2, 0.25) is 5.02 Å². The van der Waals surface area contributed by atoms with Gasteiger partial charge in [-0.2, -0.15) is 0 Å². The van der Waals surface area contributed by atoms with Crippen molar-refractivity contribution in [2.45, 2.75) is 38.0 Å². The van der Waals surface area contributed by atoms with Crippen LogP contribution in [0.1, 0.15) is 42.1 Å². The van der Waals surface area contributed by atoms with Gasteiger partial charge in [0.1, 0.15) is 0 Å². The Bertz CT molecular complexity index is 865. The lowest BCUT2D eigenvalue weighted by atomic mass is 10.1. The van der Waals surface area contributed by atoms with Crippen LogP contribution < -0.4 is 10.0 Å². The number of amides is 1. The van der Waals surface area contributed by atoms with Gasteiger partial charge in [-0.1, -0.05) is 37.4 Å². The third kappa shape index (κ3) is 5.56. The van der Waals surface area contributed by atoms with Gasteiger partial charge >= 0.3 is 0 Å². The molecule has 26 heavy (non-hydrogen) atoms. The highest BCUT2D eigenvalue weighted by Crippen LogP contribution is 2.21. The van der Waals surface area contributed by atoms with Crippen molar-refractivity contribution in [2.24, 2.45) is 0 Å². The molecule has 0 spiro atoms. The summed E-state index contributed by atoms with van der Waals surface area (Å²) >= 11 is 5.95. The molecule has 0 aliphatic rings. The number of carbonyl (C=O) groups excluding carboxylic acids is 1. The average Bonchev–Trinajstić information content (AvgIpc) is 2.62. The number of nitrogens with one attached hydrogen (secondary N) is 2. The second-order valence-electron chi connectivity index (χ2n) is 6.04. The summed E-state index contributed by atoms with van der Waals surface area (Å²) in [5, 5.41) is 3.31. The van der Waals surface area contributed by atoms with E-state index in [2.05, 4.69) is 17.0 Å². The highest BCUT2D eigenvalue weighted by Gasteiger charge is 2.15. The zero-order valence-corrected chi connectivity index (χ0v) is 16.5. The summed E-state index contributed by atoms with van der Waals surface area (Å²) in [7, 11) is -3.55. The number of rotatable bonds is 8. The van der Waals surface area contributed by atoms with E-state index in [0.29, 0.717) is 22.8 Å². The largest absolute Gasteiger partial charge is 0.322 e. The van der Waals surface area contributed by atoms with E-state index in [9.17, 15) is 13.2 Å². The summed E-state index contributed by atoms with van der Waals surface area (Å²) in [5.41, 5.74) is 1.88. The molecule has 0 atom stereocenters. The second-order valence-corrected chi connectivity index (χ2v) is 8.25. The summed E-state index contributed by atoms with van der Waals surface area (Å²) in [6.07, 6.45) is 2.80. The van der Waals surface area contributed by atoms with E-state index in [1.165, 1.54) is 24.3 Å². The number of carbonyl (C=O) groups is 1. The Labute approximate surface area is 159 Å². The van der Waals surface area contributed by atoms with Gasteiger partial charge in [-0.15, -0.1) is 0 Å². The van der Waals surface area contributed by atoms with E-state index in [1.54, 1.807) is 12.1 Å². The fourth-order valence-electron chi connectivity index (χ4n) is 2.37. The molecule has 140 valence electrons. The zero-order valence-electron chi connectivity index (χ0n) is 14.9. The lowest BCUT2D eigenvalue weighted by molar-refractivity contribution is 0.102. The van der Waals surface area contributed by atoms with Crippen molar-refractivity contribution in [3.63, 3.8) is 0 Å². The summed E-state index contributed by atoms with van der Waals surface area (Å²) in [6, 6.07) is 11.1. The predicted molar refractivity (Wildman–Crippen MR) is 105 cm³/mol. The fraction of sp³-hybridized carbons (Fsp3) is 0.316. The first-order valence-corrected chi connectivity index (χ1v) is 10.4. The van der Waals surface area contributed by atoms with Crippen LogP contribution in [0.3, 0.4) is 0 Å². The van der Waals surface area contributed by atoms with E-state index >= 15 is 0 Å². The first kappa shape index (κ1) is 20.4. The van der Waals surface area contributed by atoms with Crippen molar-refractivity contribution in [3.8, 4) is 0 Å². The van der Waals surface area contributed by atoms with E-state index < -0.39 is 10.0 Å². The van der Waals surface area contributed by atoms with E-state index in [0.717, 1.165) is 24.8 Å². The molecule has 7 heteroatoms. The van der Waals surface area contributed by atoms with Crippen LogP contribution in [0.25, 0.3) is 0 Å². The molecule has 0 radical (unpaired) electrons. The molecule has 0 aliphatic carbocycles. The molecule has 0 saturated carbocycles. The van der Waals surface area contributed by atoms with Crippen LogP contribution >= 0.6 is 11.6 Å². The third-order valence-corrected chi connectivity index (χ3v) is 5.66. The molecule has 2 aromatic carbocycles. The third-order valence-electron chi connectivity index (χ3n) is 3.95. The van der Waals surface area contributed by atoms with Crippen molar-refractivity contribution < 1.29 is 13.2 Å². The summed E-state index contributed by atoms with van der Waals surface area (Å²) in [6.45, 7) is 4.33. The molecule has 0 bridgehead atoms. The van der Waals surface area contributed by atoms with Gasteiger partial charge in [-0.05, 0) is 55.3 Å². The molecule has 0 aromatic heterocycles. The van der Waals surface area contributed by atoms with Crippen molar-refractivity contribution in [1.29, 1.82) is 0 Å². The Hall–Kier alpha value is -1.89. The predicted octanol–water partition coefficient (Wildman–Crippen LogP) is 4.37. The van der Waals surface area contributed by atoms with Gasteiger partial charge in [0.05, 0.1) is 4.90 Å². The molecule has 0 heterocycles. The van der Waals surface area contributed by atoms with Gasteiger partial charge in [0, 0.05) is 22.8 Å². The van der Waals surface area contributed by atoms with Gasteiger partial charge in [-0.3, -0.25) is 4.79 Å². The molecule has 2 rings (SSSR count). The first-order chi connectivity index (χ1) is 12.3. The van der Waals surface area contributed by atoms with Crippen molar-refractivity contribution in [2.75, 3.05) is 11.9 Å². The van der Waals surface area contributed by atoms with Crippen LogP contribution in [-0.4, -0.2) is 20.9 Å². The van der Waals surface area contributed by atoms with Crippen molar-refractivity contribution in [1.82, 2.24) is 4.72 Å². The smallest absolute Gasteiger partial charge is 0.255 e. The molecule has 2 aromatic rings. The topological polar surface area (TPSA) is 75.3 Å². The van der Waals surface area contributed by atoms with Gasteiger partial charge in [0.15, 0.2) is 0 Å². The standard InChI is InChI=1S/C19H23ClN2O3S/c1-3-4-5-12-21-26(24,25)17-10-7-15(8-11-17)19(23)22-18-13-16(20)9-6-14(18)2/h6-11,13,21H,3-5,12H2,1-2H3,(H,22,23). The Morgan fingerprint density at radius 1 is 1.08 bits per heavy atom. The SMILES string of the molecule is CCCCCNS(=O)(=O)c1ccc(C(=O)Nc2cc(Cl)ccc2C)cc1. The molecule has 0 aliphatic heterocycles. The number of aryl methyl sites for hydroxylation is 1. The lowest BCUT2D eigenvalue weighted by Gasteiger charge is -2.10. The minimum absolute atomic E-state index is 0.143. The van der Waals surface area contributed by atoms with Crippen LogP contribution in [0.5, 0.6) is 0 Å². The molecule has 0 unspecified atom stereocenters. The second kappa shape index (κ2) is 9.16. The quantitative estimate of drug-likeness (QED) is 0.653. The van der Waals surface area contributed by atoms with E-state index in [4.69, 9.17) is 11.6 Å². The number of benzene rings is 2. The van der Waals surface area contributed by atoms with Crippen LogP contribution in [0, 0.1) is 6.92 Å². The first-order valence-electron chi connectivity index (χ1n) is 8.50. The highest BCUT2D eigenvalue weighted by molar-refractivity contribution is 7.89. The number of hydrogen-bond donors (Lipinski definition) is 2. The molecular weight excluding hydrogens is 372 g/mol. The molecule has 5 nitrogen and oxygen atoms in total. The normalized spacial score (nSPS) is 11.3. The average molecular weight is 395 g/mol. The Kier molecular flexibility index (Phi) is 7.20. The van der Waals surface area contributed by atoms with Gasteiger partial charge in [0.25, 0.3) is 5.91 Å². The van der Waals surface area contributed by atoms with Gasteiger partial charge < -0.3 is 5.32 Å². The van der Waals surface area contributed by atoms with E-state index in [1.807, 2.05) is 13.0 Å². The Morgan fingerprint density at radius 2 is 1.77 bits per heavy atom. The molecule has 2 N–H and O–H groups in total.